The molecule has 0 unspecified atom stereocenters. The zero-order valence-electron chi connectivity index (χ0n) is 20.0. The monoisotopic (exact) mass is 485 g/mol. The van der Waals surface area contributed by atoms with E-state index in [-0.39, 0.29) is 5.43 Å². The molecule has 0 bridgehead atoms. The third kappa shape index (κ3) is 3.02. The SMILES string of the molecule is COc1ccc(-c2c3c(=O)n(C)c(=O)n(C)c3c3n2CCO[C@@H]3c2coc3ccccc3c2=O)cc1. The van der Waals surface area contributed by atoms with Crippen molar-refractivity contribution in [2.24, 2.45) is 14.1 Å². The molecule has 9 heteroatoms. The van der Waals surface area contributed by atoms with Gasteiger partial charge in [0.05, 0.1) is 47.0 Å². The maximum absolute atomic E-state index is 13.5. The van der Waals surface area contributed by atoms with Gasteiger partial charge < -0.3 is 18.5 Å². The number of ether oxygens (including phenoxy) is 2. The number of nitrogens with zero attached hydrogens (tertiary/aromatic N) is 3. The lowest BCUT2D eigenvalue weighted by molar-refractivity contribution is 0.0463. The van der Waals surface area contributed by atoms with Crippen LogP contribution in [0.3, 0.4) is 0 Å². The molecular formula is C27H23N3O6. The van der Waals surface area contributed by atoms with E-state index in [2.05, 4.69) is 0 Å². The highest BCUT2D eigenvalue weighted by atomic mass is 16.5. The van der Waals surface area contributed by atoms with Crippen LogP contribution in [0.5, 0.6) is 5.75 Å². The molecule has 182 valence electrons. The number of methoxy groups -OCH3 is 1. The summed E-state index contributed by atoms with van der Waals surface area (Å²) in [5.41, 5.74) is 2.15. The summed E-state index contributed by atoms with van der Waals surface area (Å²) < 4.78 is 21.8. The highest BCUT2D eigenvalue weighted by molar-refractivity contribution is 5.96. The van der Waals surface area contributed by atoms with Crippen molar-refractivity contribution in [1.29, 1.82) is 0 Å². The van der Waals surface area contributed by atoms with Crippen LogP contribution in [0.1, 0.15) is 17.4 Å². The van der Waals surface area contributed by atoms with Gasteiger partial charge in [-0.3, -0.25) is 18.7 Å². The molecule has 4 heterocycles. The minimum absolute atomic E-state index is 0.218. The van der Waals surface area contributed by atoms with Crippen LogP contribution in [-0.2, 0) is 25.4 Å². The predicted octanol–water partition coefficient (Wildman–Crippen LogP) is 2.94. The zero-order chi connectivity index (χ0) is 25.1. The van der Waals surface area contributed by atoms with Gasteiger partial charge >= 0.3 is 5.69 Å². The number of fused-ring (bicyclic) bond motifs is 4. The summed E-state index contributed by atoms with van der Waals surface area (Å²) in [6, 6.07) is 14.4. The van der Waals surface area contributed by atoms with Crippen molar-refractivity contribution >= 4 is 21.9 Å². The van der Waals surface area contributed by atoms with E-state index in [1.54, 1.807) is 38.4 Å². The van der Waals surface area contributed by atoms with Gasteiger partial charge in [0.1, 0.15) is 23.7 Å². The van der Waals surface area contributed by atoms with Gasteiger partial charge in [-0.2, -0.15) is 0 Å². The first-order chi connectivity index (χ1) is 17.4. The summed E-state index contributed by atoms with van der Waals surface area (Å²) >= 11 is 0. The molecule has 0 saturated heterocycles. The predicted molar refractivity (Wildman–Crippen MR) is 135 cm³/mol. The molecule has 0 spiro atoms. The fourth-order valence-electron chi connectivity index (χ4n) is 5.14. The van der Waals surface area contributed by atoms with E-state index < -0.39 is 17.4 Å². The van der Waals surface area contributed by atoms with E-state index in [9.17, 15) is 14.4 Å². The van der Waals surface area contributed by atoms with Gasteiger partial charge in [-0.15, -0.1) is 0 Å². The number of aryl methyl sites for hydroxylation is 1. The van der Waals surface area contributed by atoms with Crippen molar-refractivity contribution in [3.63, 3.8) is 0 Å². The van der Waals surface area contributed by atoms with Gasteiger partial charge in [0.15, 0.2) is 5.43 Å². The molecular weight excluding hydrogens is 462 g/mol. The van der Waals surface area contributed by atoms with Crippen molar-refractivity contribution in [2.45, 2.75) is 12.6 Å². The smallest absolute Gasteiger partial charge is 0.331 e. The molecule has 0 fully saturated rings. The maximum Gasteiger partial charge on any atom is 0.331 e. The molecule has 9 nitrogen and oxygen atoms in total. The first-order valence-corrected chi connectivity index (χ1v) is 11.5. The topological polar surface area (TPSA) is 97.6 Å². The Morgan fingerprint density at radius 1 is 0.972 bits per heavy atom. The Balaban J connectivity index is 1.73. The zero-order valence-corrected chi connectivity index (χ0v) is 20.0. The van der Waals surface area contributed by atoms with Crippen molar-refractivity contribution in [2.75, 3.05) is 13.7 Å². The molecule has 6 rings (SSSR count). The minimum Gasteiger partial charge on any atom is -0.497 e. The Kier molecular flexibility index (Phi) is 4.97. The molecule has 36 heavy (non-hydrogen) atoms. The number of aromatic nitrogens is 3. The minimum atomic E-state index is -0.827. The van der Waals surface area contributed by atoms with E-state index in [0.717, 1.165) is 10.1 Å². The first-order valence-electron chi connectivity index (χ1n) is 11.5. The second-order valence-corrected chi connectivity index (χ2v) is 8.81. The molecule has 0 amide bonds. The Morgan fingerprint density at radius 2 is 1.72 bits per heavy atom. The number of hydrogen-bond donors (Lipinski definition) is 0. The van der Waals surface area contributed by atoms with E-state index in [0.29, 0.717) is 57.7 Å². The van der Waals surface area contributed by atoms with Gasteiger partial charge in [0, 0.05) is 20.6 Å². The van der Waals surface area contributed by atoms with Crippen LogP contribution in [0, 0.1) is 0 Å². The Hall–Kier alpha value is -4.37. The van der Waals surface area contributed by atoms with Gasteiger partial charge in [-0.25, -0.2) is 4.79 Å². The van der Waals surface area contributed by atoms with E-state index in [1.165, 1.54) is 17.9 Å². The Morgan fingerprint density at radius 3 is 2.47 bits per heavy atom. The standard InChI is InChI=1S/C27H23N3O6/c1-28-22-20(26(32)29(2)27(28)33)21(15-8-10-16(34-3)11-9-15)30-12-13-35-25(23(22)30)18-14-36-19-7-5-4-6-17(19)24(18)31/h4-11,14,25H,12-13H2,1-3H3/t25-/m1/s1. The number of rotatable bonds is 3. The summed E-state index contributed by atoms with van der Waals surface area (Å²) in [6.07, 6.45) is 0.586. The van der Waals surface area contributed by atoms with Gasteiger partial charge in [-0.1, -0.05) is 12.1 Å². The lowest BCUT2D eigenvalue weighted by Gasteiger charge is -2.27. The number of para-hydroxylation sites is 1. The summed E-state index contributed by atoms with van der Waals surface area (Å²) in [4.78, 5) is 40.0. The van der Waals surface area contributed by atoms with Gasteiger partial charge in [-0.05, 0) is 42.0 Å². The van der Waals surface area contributed by atoms with Gasteiger partial charge in [0.2, 0.25) is 0 Å². The quantitative estimate of drug-likeness (QED) is 0.390. The second kappa shape index (κ2) is 8.10. The Labute approximate surface area is 204 Å². The average Bonchev–Trinajstić information content (AvgIpc) is 3.27. The molecule has 1 aliphatic rings. The Bertz CT molecular complexity index is 1840. The highest BCUT2D eigenvalue weighted by Gasteiger charge is 2.34. The molecule has 2 aromatic carbocycles. The fraction of sp³-hybridized carbons (Fsp3) is 0.222. The van der Waals surface area contributed by atoms with E-state index in [1.807, 2.05) is 28.8 Å². The highest BCUT2D eigenvalue weighted by Crippen LogP contribution is 2.40. The van der Waals surface area contributed by atoms with Crippen LogP contribution in [0.2, 0.25) is 0 Å². The largest absolute Gasteiger partial charge is 0.497 e. The molecule has 0 N–H and O–H groups in total. The lowest BCUT2D eigenvalue weighted by atomic mass is 10.0. The van der Waals surface area contributed by atoms with Crippen molar-refractivity contribution in [3.05, 3.63) is 97.1 Å². The van der Waals surface area contributed by atoms with Crippen LogP contribution in [0.25, 0.3) is 33.1 Å². The number of benzene rings is 2. The van der Waals surface area contributed by atoms with Crippen molar-refractivity contribution < 1.29 is 13.9 Å². The van der Waals surface area contributed by atoms with Crippen LogP contribution in [0.4, 0.5) is 0 Å². The maximum atomic E-state index is 13.5. The molecule has 1 aliphatic heterocycles. The van der Waals surface area contributed by atoms with Crippen molar-refractivity contribution in [1.82, 2.24) is 13.7 Å². The van der Waals surface area contributed by atoms with Crippen LogP contribution < -0.4 is 21.4 Å². The van der Waals surface area contributed by atoms with Crippen LogP contribution >= 0.6 is 0 Å². The second-order valence-electron chi connectivity index (χ2n) is 8.81. The first kappa shape index (κ1) is 22.1. The van der Waals surface area contributed by atoms with Crippen LogP contribution in [0.15, 0.2) is 73.6 Å². The van der Waals surface area contributed by atoms with Crippen LogP contribution in [-0.4, -0.2) is 27.4 Å². The summed E-state index contributed by atoms with van der Waals surface area (Å²) in [6.45, 7) is 0.750. The summed E-state index contributed by atoms with van der Waals surface area (Å²) in [5, 5.41) is 0.826. The van der Waals surface area contributed by atoms with Gasteiger partial charge in [0.25, 0.3) is 5.56 Å². The number of hydrogen-bond acceptors (Lipinski definition) is 6. The molecule has 0 saturated carbocycles. The summed E-state index contributed by atoms with van der Waals surface area (Å²) in [7, 11) is 4.67. The average molecular weight is 485 g/mol. The summed E-state index contributed by atoms with van der Waals surface area (Å²) in [5.74, 6) is 0.684. The lowest BCUT2D eigenvalue weighted by Crippen LogP contribution is -2.37. The van der Waals surface area contributed by atoms with Crippen molar-refractivity contribution in [3.8, 4) is 17.0 Å². The molecule has 0 radical (unpaired) electrons. The third-order valence-corrected chi connectivity index (χ3v) is 6.91. The molecule has 5 aromatic rings. The van der Waals surface area contributed by atoms with E-state index >= 15 is 0 Å². The molecule has 1 atom stereocenters. The molecule has 0 aliphatic carbocycles. The van der Waals surface area contributed by atoms with E-state index in [4.69, 9.17) is 13.9 Å². The third-order valence-electron chi connectivity index (χ3n) is 6.91. The normalized spacial score (nSPS) is 15.4. The fourth-order valence-corrected chi connectivity index (χ4v) is 5.14. The molecule has 3 aromatic heterocycles.